The summed E-state index contributed by atoms with van der Waals surface area (Å²) in [6.45, 7) is 12.8. The van der Waals surface area contributed by atoms with Crippen LogP contribution in [0.25, 0.3) is 0 Å². The topological polar surface area (TPSA) is 6.48 Å². The first-order chi connectivity index (χ1) is 7.95. The second-order valence-electron chi connectivity index (χ2n) is 5.67. The third-order valence-electron chi connectivity index (χ3n) is 3.32. The molecule has 2 nitrogen and oxygen atoms in total. The van der Waals surface area contributed by atoms with Crippen LogP contribution < -0.4 is 0 Å². The van der Waals surface area contributed by atoms with E-state index < -0.39 is 0 Å². The van der Waals surface area contributed by atoms with E-state index >= 15 is 0 Å². The van der Waals surface area contributed by atoms with Crippen molar-refractivity contribution in [1.82, 2.24) is 9.80 Å². The molecule has 1 saturated heterocycles. The lowest BCUT2D eigenvalue weighted by Gasteiger charge is -2.42. The first-order valence-electron chi connectivity index (χ1n) is 6.15. The number of rotatable bonds is 2. The molecule has 0 spiro atoms. The Morgan fingerprint density at radius 2 is 1.88 bits per heavy atom. The van der Waals surface area contributed by atoms with Crippen molar-refractivity contribution < 1.29 is 0 Å². The fourth-order valence-corrected chi connectivity index (χ4v) is 3.73. The van der Waals surface area contributed by atoms with Gasteiger partial charge < -0.3 is 0 Å². The van der Waals surface area contributed by atoms with Gasteiger partial charge in [-0.3, -0.25) is 9.80 Å². The van der Waals surface area contributed by atoms with Crippen molar-refractivity contribution in [3.05, 3.63) is 20.8 Å². The molecule has 96 valence electrons. The molecule has 1 aromatic heterocycles. The van der Waals surface area contributed by atoms with Crippen LogP contribution in [-0.4, -0.2) is 41.5 Å². The minimum Gasteiger partial charge on any atom is -0.296 e. The molecule has 0 N–H and O–H groups in total. The summed E-state index contributed by atoms with van der Waals surface area (Å²) >= 11 is 5.36. The van der Waals surface area contributed by atoms with Crippen LogP contribution in [0.15, 0.2) is 15.9 Å². The summed E-state index contributed by atoms with van der Waals surface area (Å²) in [5.74, 6) is 0. The Balaban J connectivity index is 1.83. The van der Waals surface area contributed by atoms with E-state index in [1.807, 2.05) is 11.3 Å². The van der Waals surface area contributed by atoms with Gasteiger partial charge in [0, 0.05) is 53.0 Å². The first kappa shape index (κ1) is 13.5. The molecule has 2 heterocycles. The predicted octanol–water partition coefficient (Wildman–Crippen LogP) is 3.43. The largest absolute Gasteiger partial charge is 0.296 e. The Bertz CT molecular complexity index is 362. The lowest BCUT2D eigenvalue weighted by atomic mass is 10.1. The highest BCUT2D eigenvalue weighted by molar-refractivity contribution is 9.10. The van der Waals surface area contributed by atoms with Gasteiger partial charge in [0.1, 0.15) is 0 Å². The van der Waals surface area contributed by atoms with Crippen molar-refractivity contribution in [2.75, 3.05) is 26.2 Å². The van der Waals surface area contributed by atoms with Crippen molar-refractivity contribution in [3.8, 4) is 0 Å². The van der Waals surface area contributed by atoms with Gasteiger partial charge in [-0.05, 0) is 42.8 Å². The van der Waals surface area contributed by atoms with Gasteiger partial charge in [0.15, 0.2) is 0 Å². The molecule has 2 rings (SSSR count). The average Bonchev–Trinajstić information content (AvgIpc) is 2.63. The van der Waals surface area contributed by atoms with Gasteiger partial charge in [-0.2, -0.15) is 0 Å². The molecule has 0 saturated carbocycles. The number of hydrogen-bond acceptors (Lipinski definition) is 3. The van der Waals surface area contributed by atoms with Gasteiger partial charge >= 0.3 is 0 Å². The highest BCUT2D eigenvalue weighted by Gasteiger charge is 2.25. The summed E-state index contributed by atoms with van der Waals surface area (Å²) < 4.78 is 1.21. The zero-order valence-electron chi connectivity index (χ0n) is 10.9. The monoisotopic (exact) mass is 316 g/mol. The molecule has 0 bridgehead atoms. The maximum absolute atomic E-state index is 3.52. The average molecular weight is 317 g/mol. The Morgan fingerprint density at radius 3 is 2.35 bits per heavy atom. The fraction of sp³-hybridized carbons (Fsp3) is 0.692. The number of nitrogens with zero attached hydrogens (tertiary/aromatic N) is 2. The van der Waals surface area contributed by atoms with E-state index in [1.54, 1.807) is 0 Å². The standard InChI is InChI=1S/C13H21BrN2S/c1-13(2,3)16-6-4-15(5-7-16)9-12-8-11(14)10-17-12/h8,10H,4-7,9H2,1-3H3. The quantitative estimate of drug-likeness (QED) is 0.824. The van der Waals surface area contributed by atoms with E-state index in [2.05, 4.69) is 57.9 Å². The number of piperazine rings is 1. The molecule has 0 radical (unpaired) electrons. The smallest absolute Gasteiger partial charge is 0.0329 e. The van der Waals surface area contributed by atoms with E-state index in [9.17, 15) is 0 Å². The van der Waals surface area contributed by atoms with Crippen LogP contribution in [0.5, 0.6) is 0 Å². The normalized spacial score (nSPS) is 19.8. The maximum atomic E-state index is 3.52. The number of hydrogen-bond donors (Lipinski definition) is 0. The van der Waals surface area contributed by atoms with E-state index in [0.29, 0.717) is 5.54 Å². The lowest BCUT2D eigenvalue weighted by molar-refractivity contribution is 0.0595. The second-order valence-corrected chi connectivity index (χ2v) is 7.58. The SMILES string of the molecule is CC(C)(C)N1CCN(Cc2cc(Br)cs2)CC1. The molecule has 1 aromatic rings. The van der Waals surface area contributed by atoms with Crippen LogP contribution in [0.4, 0.5) is 0 Å². The van der Waals surface area contributed by atoms with Gasteiger partial charge in [-0.25, -0.2) is 0 Å². The molecule has 0 unspecified atom stereocenters. The van der Waals surface area contributed by atoms with E-state index in [4.69, 9.17) is 0 Å². The van der Waals surface area contributed by atoms with Crippen molar-refractivity contribution in [1.29, 1.82) is 0 Å². The molecule has 4 heteroatoms. The molecule has 0 atom stereocenters. The summed E-state index contributed by atoms with van der Waals surface area (Å²) in [6.07, 6.45) is 0. The molecule has 0 aromatic carbocycles. The van der Waals surface area contributed by atoms with Gasteiger partial charge in [0.05, 0.1) is 0 Å². The highest BCUT2D eigenvalue weighted by atomic mass is 79.9. The molecule has 17 heavy (non-hydrogen) atoms. The zero-order valence-corrected chi connectivity index (χ0v) is 13.3. The van der Waals surface area contributed by atoms with Crippen molar-refractivity contribution in [3.63, 3.8) is 0 Å². The van der Waals surface area contributed by atoms with E-state index in [-0.39, 0.29) is 0 Å². The minimum absolute atomic E-state index is 0.318. The minimum atomic E-state index is 0.318. The molecular weight excluding hydrogens is 296 g/mol. The maximum Gasteiger partial charge on any atom is 0.0329 e. The Kier molecular flexibility index (Phi) is 4.29. The molecule has 1 fully saturated rings. The molecule has 1 aliphatic heterocycles. The highest BCUT2D eigenvalue weighted by Crippen LogP contribution is 2.22. The summed E-state index contributed by atoms with van der Waals surface area (Å²) in [5.41, 5.74) is 0.318. The first-order valence-corrected chi connectivity index (χ1v) is 7.83. The Morgan fingerprint density at radius 1 is 1.24 bits per heavy atom. The van der Waals surface area contributed by atoms with Crippen LogP contribution in [0.2, 0.25) is 0 Å². The van der Waals surface area contributed by atoms with Gasteiger partial charge in [-0.15, -0.1) is 11.3 Å². The van der Waals surface area contributed by atoms with Crippen molar-refractivity contribution in [2.24, 2.45) is 0 Å². The number of halogens is 1. The number of thiophene rings is 1. The summed E-state index contributed by atoms with van der Waals surface area (Å²) in [7, 11) is 0. The van der Waals surface area contributed by atoms with Gasteiger partial charge in [0.25, 0.3) is 0 Å². The van der Waals surface area contributed by atoms with E-state index in [1.165, 1.54) is 35.5 Å². The molecular formula is C13H21BrN2S. The van der Waals surface area contributed by atoms with Crippen molar-refractivity contribution >= 4 is 27.3 Å². The van der Waals surface area contributed by atoms with E-state index in [0.717, 1.165) is 6.54 Å². The van der Waals surface area contributed by atoms with Crippen LogP contribution in [-0.2, 0) is 6.54 Å². The summed E-state index contributed by atoms with van der Waals surface area (Å²) in [4.78, 5) is 6.59. The molecule has 0 amide bonds. The van der Waals surface area contributed by atoms with Gasteiger partial charge in [-0.1, -0.05) is 0 Å². The summed E-state index contributed by atoms with van der Waals surface area (Å²) in [6, 6.07) is 2.24. The van der Waals surface area contributed by atoms with Crippen LogP contribution in [0.3, 0.4) is 0 Å². The van der Waals surface area contributed by atoms with Crippen LogP contribution >= 0.6 is 27.3 Å². The second kappa shape index (κ2) is 5.39. The van der Waals surface area contributed by atoms with Crippen molar-refractivity contribution in [2.45, 2.75) is 32.9 Å². The molecule has 1 aliphatic rings. The third-order valence-corrected chi connectivity index (χ3v) is 5.00. The third kappa shape index (κ3) is 3.78. The van der Waals surface area contributed by atoms with Crippen LogP contribution in [0.1, 0.15) is 25.6 Å². The Hall–Kier alpha value is 0.1000. The summed E-state index contributed by atoms with van der Waals surface area (Å²) in [5, 5.41) is 2.17. The Labute approximate surface area is 117 Å². The lowest BCUT2D eigenvalue weighted by Crippen LogP contribution is -2.53. The van der Waals surface area contributed by atoms with Gasteiger partial charge in [0.2, 0.25) is 0 Å². The zero-order chi connectivity index (χ0) is 12.5. The van der Waals surface area contributed by atoms with Crippen LogP contribution in [0, 0.1) is 0 Å². The molecule has 0 aliphatic carbocycles. The predicted molar refractivity (Wildman–Crippen MR) is 78.6 cm³/mol. The fourth-order valence-electron chi connectivity index (χ4n) is 2.23.